The molecule has 7 nitrogen and oxygen atoms in total. The second-order valence-corrected chi connectivity index (χ2v) is 7.25. The van der Waals surface area contributed by atoms with Crippen molar-refractivity contribution in [1.82, 2.24) is 10.6 Å². The summed E-state index contributed by atoms with van der Waals surface area (Å²) in [6, 6.07) is 12.4. The summed E-state index contributed by atoms with van der Waals surface area (Å²) >= 11 is 0. The van der Waals surface area contributed by atoms with Crippen molar-refractivity contribution < 1.29 is 23.9 Å². The number of para-hydroxylation sites is 1. The summed E-state index contributed by atoms with van der Waals surface area (Å²) in [5.41, 5.74) is 2.58. The van der Waals surface area contributed by atoms with Crippen LogP contribution in [0.5, 0.6) is 11.5 Å². The van der Waals surface area contributed by atoms with Crippen molar-refractivity contribution in [1.29, 1.82) is 0 Å². The van der Waals surface area contributed by atoms with Crippen LogP contribution in [0.4, 0.5) is 0 Å². The maximum Gasteiger partial charge on any atom is 0.308 e. The van der Waals surface area contributed by atoms with Gasteiger partial charge in [0, 0.05) is 32.0 Å². The van der Waals surface area contributed by atoms with E-state index in [1.807, 2.05) is 32.0 Å². The molecule has 0 unspecified atom stereocenters. The summed E-state index contributed by atoms with van der Waals surface area (Å²) in [5, 5.41) is 5.63. The van der Waals surface area contributed by atoms with Crippen LogP contribution in [0.1, 0.15) is 47.7 Å². The van der Waals surface area contributed by atoms with E-state index in [1.54, 1.807) is 18.2 Å². The van der Waals surface area contributed by atoms with Crippen molar-refractivity contribution in [3.05, 3.63) is 59.2 Å². The van der Waals surface area contributed by atoms with Gasteiger partial charge in [0.15, 0.2) is 0 Å². The van der Waals surface area contributed by atoms with Crippen molar-refractivity contribution in [3.63, 3.8) is 0 Å². The van der Waals surface area contributed by atoms with Crippen LogP contribution in [-0.4, -0.2) is 37.5 Å². The minimum atomic E-state index is -0.440. The highest BCUT2D eigenvalue weighted by molar-refractivity contribution is 5.94. The van der Waals surface area contributed by atoms with E-state index in [-0.39, 0.29) is 11.8 Å². The average Bonchev–Trinajstić information content (AvgIpc) is 2.72. The Kier molecular flexibility index (Phi) is 9.55. The fourth-order valence-corrected chi connectivity index (χ4v) is 3.01. The number of benzene rings is 2. The van der Waals surface area contributed by atoms with Crippen molar-refractivity contribution >= 4 is 17.8 Å². The van der Waals surface area contributed by atoms with Crippen LogP contribution >= 0.6 is 0 Å². The van der Waals surface area contributed by atoms with Crippen LogP contribution in [-0.2, 0) is 9.59 Å². The number of rotatable bonds is 11. The fourth-order valence-electron chi connectivity index (χ4n) is 3.01. The van der Waals surface area contributed by atoms with Gasteiger partial charge in [-0.2, -0.15) is 0 Å². The third-order valence-electron chi connectivity index (χ3n) is 4.52. The molecule has 2 aromatic rings. The van der Waals surface area contributed by atoms with Crippen molar-refractivity contribution in [2.75, 3.05) is 19.7 Å². The first-order valence-corrected chi connectivity index (χ1v) is 10.4. The van der Waals surface area contributed by atoms with Gasteiger partial charge < -0.3 is 20.1 Å². The number of hydrogen-bond acceptors (Lipinski definition) is 5. The van der Waals surface area contributed by atoms with Gasteiger partial charge in [0.1, 0.15) is 11.5 Å². The Morgan fingerprint density at radius 2 is 1.58 bits per heavy atom. The summed E-state index contributed by atoms with van der Waals surface area (Å²) in [6.45, 7) is 6.70. The summed E-state index contributed by atoms with van der Waals surface area (Å²) in [5.74, 6) is 0.477. The van der Waals surface area contributed by atoms with Crippen LogP contribution in [0, 0.1) is 13.8 Å². The number of ether oxygens (including phenoxy) is 2. The van der Waals surface area contributed by atoms with E-state index in [1.165, 1.54) is 13.0 Å². The van der Waals surface area contributed by atoms with E-state index in [9.17, 15) is 14.4 Å². The molecule has 0 saturated heterocycles. The lowest BCUT2D eigenvalue weighted by Gasteiger charge is -2.12. The molecule has 7 heteroatoms. The normalized spacial score (nSPS) is 10.3. The number of aryl methyl sites for hydroxylation is 2. The van der Waals surface area contributed by atoms with E-state index in [0.717, 1.165) is 16.9 Å². The Morgan fingerprint density at radius 1 is 0.903 bits per heavy atom. The predicted octanol–water partition coefficient (Wildman–Crippen LogP) is 3.32. The predicted molar refractivity (Wildman–Crippen MR) is 118 cm³/mol. The highest BCUT2D eigenvalue weighted by Crippen LogP contribution is 2.22. The molecule has 31 heavy (non-hydrogen) atoms. The molecule has 0 heterocycles. The van der Waals surface area contributed by atoms with Gasteiger partial charge in [-0.25, -0.2) is 0 Å². The number of hydrogen-bond donors (Lipinski definition) is 2. The van der Waals surface area contributed by atoms with Crippen molar-refractivity contribution in [3.8, 4) is 11.5 Å². The fraction of sp³-hybridized carbons (Fsp3) is 0.375. The molecule has 166 valence electrons. The standard InChI is InChI=1S/C24H30N2O5/c1-17-8-4-9-18(2)23(17)30-15-6-12-22(28)25-13-7-14-26-24(29)20-10-5-11-21(16-20)31-19(3)27/h4-5,8-11,16H,6-7,12-15H2,1-3H3,(H,25,28)(H,26,29). The topological polar surface area (TPSA) is 93.7 Å². The van der Waals surface area contributed by atoms with Crippen LogP contribution < -0.4 is 20.1 Å². The molecule has 0 fully saturated rings. The first-order valence-electron chi connectivity index (χ1n) is 10.4. The van der Waals surface area contributed by atoms with Gasteiger partial charge >= 0.3 is 5.97 Å². The summed E-state index contributed by atoms with van der Waals surface area (Å²) in [4.78, 5) is 35.1. The molecule has 0 saturated carbocycles. The Labute approximate surface area is 183 Å². The Balaban J connectivity index is 1.58. The molecule has 0 spiro atoms. The minimum Gasteiger partial charge on any atom is -0.493 e. The van der Waals surface area contributed by atoms with Gasteiger partial charge in [0.25, 0.3) is 5.91 Å². The van der Waals surface area contributed by atoms with Gasteiger partial charge in [0.2, 0.25) is 5.91 Å². The smallest absolute Gasteiger partial charge is 0.308 e. The molecule has 0 aliphatic rings. The third kappa shape index (κ3) is 8.50. The van der Waals surface area contributed by atoms with Gasteiger partial charge in [-0.1, -0.05) is 24.3 Å². The minimum absolute atomic E-state index is 0.0366. The quantitative estimate of drug-likeness (QED) is 0.327. The zero-order chi connectivity index (χ0) is 22.6. The Bertz CT molecular complexity index is 890. The van der Waals surface area contributed by atoms with Gasteiger partial charge in [-0.3, -0.25) is 14.4 Å². The van der Waals surface area contributed by atoms with E-state index in [2.05, 4.69) is 10.6 Å². The molecule has 0 radical (unpaired) electrons. The second kappa shape index (κ2) is 12.4. The monoisotopic (exact) mass is 426 g/mol. The van der Waals surface area contributed by atoms with E-state index >= 15 is 0 Å². The summed E-state index contributed by atoms with van der Waals surface area (Å²) in [6.07, 6.45) is 1.63. The third-order valence-corrected chi connectivity index (χ3v) is 4.52. The highest BCUT2D eigenvalue weighted by Gasteiger charge is 2.08. The molecule has 0 aliphatic heterocycles. The largest absolute Gasteiger partial charge is 0.493 e. The zero-order valence-corrected chi connectivity index (χ0v) is 18.3. The van der Waals surface area contributed by atoms with Gasteiger partial charge in [0.05, 0.1) is 6.61 Å². The Morgan fingerprint density at radius 3 is 2.29 bits per heavy atom. The SMILES string of the molecule is CC(=O)Oc1cccc(C(=O)NCCCNC(=O)CCCOc2c(C)cccc2C)c1. The lowest BCUT2D eigenvalue weighted by atomic mass is 10.1. The molecule has 0 atom stereocenters. The number of carbonyl (C=O) groups is 3. The molecule has 0 bridgehead atoms. The average molecular weight is 427 g/mol. The molecular weight excluding hydrogens is 396 g/mol. The first-order chi connectivity index (χ1) is 14.9. The lowest BCUT2D eigenvalue weighted by molar-refractivity contribution is -0.131. The van der Waals surface area contributed by atoms with Crippen LogP contribution in [0.3, 0.4) is 0 Å². The summed E-state index contributed by atoms with van der Waals surface area (Å²) in [7, 11) is 0. The maximum absolute atomic E-state index is 12.2. The van der Waals surface area contributed by atoms with Crippen LogP contribution in [0.15, 0.2) is 42.5 Å². The van der Waals surface area contributed by atoms with Crippen LogP contribution in [0.2, 0.25) is 0 Å². The number of carbonyl (C=O) groups excluding carboxylic acids is 3. The number of esters is 1. The Hall–Kier alpha value is -3.35. The molecule has 0 aliphatic carbocycles. The van der Waals surface area contributed by atoms with Gasteiger partial charge in [-0.15, -0.1) is 0 Å². The van der Waals surface area contributed by atoms with Crippen molar-refractivity contribution in [2.45, 2.75) is 40.0 Å². The molecular formula is C24H30N2O5. The number of nitrogens with one attached hydrogen (secondary N) is 2. The number of amides is 2. The van der Waals surface area contributed by atoms with E-state index in [4.69, 9.17) is 9.47 Å². The van der Waals surface area contributed by atoms with E-state index < -0.39 is 5.97 Å². The summed E-state index contributed by atoms with van der Waals surface area (Å²) < 4.78 is 10.8. The highest BCUT2D eigenvalue weighted by atomic mass is 16.5. The molecule has 2 rings (SSSR count). The van der Waals surface area contributed by atoms with Crippen molar-refractivity contribution in [2.24, 2.45) is 0 Å². The zero-order valence-electron chi connectivity index (χ0n) is 18.3. The second-order valence-electron chi connectivity index (χ2n) is 7.25. The molecule has 2 aromatic carbocycles. The van der Waals surface area contributed by atoms with Crippen LogP contribution in [0.25, 0.3) is 0 Å². The lowest BCUT2D eigenvalue weighted by Crippen LogP contribution is -2.30. The first kappa shape index (κ1) is 23.9. The molecule has 0 aromatic heterocycles. The molecule has 2 amide bonds. The maximum atomic E-state index is 12.2. The van der Waals surface area contributed by atoms with E-state index in [0.29, 0.717) is 50.3 Å². The van der Waals surface area contributed by atoms with Gasteiger partial charge in [-0.05, 0) is 56.0 Å². The molecule has 2 N–H and O–H groups in total.